The molecular formula is C25H25N5O3. The number of imidazole rings is 1. The minimum Gasteiger partial charge on any atom is -0.395 e. The Bertz CT molecular complexity index is 1230. The van der Waals surface area contributed by atoms with Crippen molar-refractivity contribution in [3.8, 4) is 23.2 Å². The second-order valence-corrected chi connectivity index (χ2v) is 7.54. The highest BCUT2D eigenvalue weighted by Crippen LogP contribution is 2.22. The van der Waals surface area contributed by atoms with E-state index in [1.807, 2.05) is 47.0 Å². The molecule has 3 aromatic heterocycles. The Morgan fingerprint density at radius 2 is 1.85 bits per heavy atom. The fraction of sp³-hybridized carbons (Fsp3) is 0.240. The molecule has 3 heterocycles. The molecule has 0 bridgehead atoms. The second kappa shape index (κ2) is 10.7. The summed E-state index contributed by atoms with van der Waals surface area (Å²) in [5, 5.41) is 25.8. The summed E-state index contributed by atoms with van der Waals surface area (Å²) in [4.78, 5) is 8.55. The molecule has 4 aromatic rings. The Morgan fingerprint density at radius 3 is 2.58 bits per heavy atom. The summed E-state index contributed by atoms with van der Waals surface area (Å²) in [6.45, 7) is 3.42. The van der Waals surface area contributed by atoms with Crippen LogP contribution in [0.4, 0.5) is 0 Å². The number of aliphatic hydroxyl groups is 2. The monoisotopic (exact) mass is 443 g/mol. The Balaban J connectivity index is 1.39. The molecule has 0 aliphatic heterocycles. The summed E-state index contributed by atoms with van der Waals surface area (Å²) >= 11 is 0. The van der Waals surface area contributed by atoms with Crippen LogP contribution >= 0.6 is 0 Å². The zero-order chi connectivity index (χ0) is 23.0. The van der Waals surface area contributed by atoms with Crippen LogP contribution in [0.5, 0.6) is 0 Å². The third kappa shape index (κ3) is 5.93. The predicted octanol–water partition coefficient (Wildman–Crippen LogP) is 2.52. The number of nitrogens with zero attached hydrogens (tertiary/aromatic N) is 4. The van der Waals surface area contributed by atoms with Crippen LogP contribution in [0.3, 0.4) is 0 Å². The molecule has 0 radical (unpaired) electrons. The van der Waals surface area contributed by atoms with Crippen LogP contribution in [0, 0.1) is 11.8 Å². The molecule has 4 rings (SSSR count). The number of hydrogen-bond acceptors (Lipinski definition) is 7. The summed E-state index contributed by atoms with van der Waals surface area (Å²) in [6, 6.07) is 13.5. The maximum absolute atomic E-state index is 9.80. The number of hydrogen-bond donors (Lipinski definition) is 3. The van der Waals surface area contributed by atoms with E-state index < -0.39 is 6.10 Å². The number of aromatic nitrogens is 4. The number of benzene rings is 1. The molecule has 0 aliphatic rings. The van der Waals surface area contributed by atoms with Crippen molar-refractivity contribution in [3.63, 3.8) is 0 Å². The molecule has 0 saturated heterocycles. The lowest BCUT2D eigenvalue weighted by Gasteiger charge is -2.07. The van der Waals surface area contributed by atoms with Gasteiger partial charge in [0.2, 0.25) is 0 Å². The van der Waals surface area contributed by atoms with Gasteiger partial charge in [0.1, 0.15) is 17.6 Å². The standard InChI is InChI=1S/C25H25N5O3/c1-18(32)25-27-10-12-30(25)17-23-14-24(33-29-23)21-7-4-19(5-8-21)2-3-20-6-9-22(28-15-20)16-26-11-13-31/h4-10,12,14-15,18,26,31-32H,11,13,16-17H2,1H3/t18-/m0/s1. The Morgan fingerprint density at radius 1 is 1.06 bits per heavy atom. The lowest BCUT2D eigenvalue weighted by molar-refractivity contribution is 0.184. The first-order valence-electron chi connectivity index (χ1n) is 10.7. The van der Waals surface area contributed by atoms with E-state index in [2.05, 4.69) is 32.3 Å². The van der Waals surface area contributed by atoms with Crippen molar-refractivity contribution in [3.05, 3.63) is 89.4 Å². The van der Waals surface area contributed by atoms with E-state index in [9.17, 15) is 5.11 Å². The van der Waals surface area contributed by atoms with Crippen molar-refractivity contribution >= 4 is 0 Å². The number of pyridine rings is 1. The van der Waals surface area contributed by atoms with Crippen LogP contribution in [0.25, 0.3) is 11.3 Å². The highest BCUT2D eigenvalue weighted by atomic mass is 16.5. The van der Waals surface area contributed by atoms with Crippen molar-refractivity contribution in [2.24, 2.45) is 0 Å². The van der Waals surface area contributed by atoms with Crippen molar-refractivity contribution in [2.45, 2.75) is 26.1 Å². The molecule has 0 unspecified atom stereocenters. The maximum Gasteiger partial charge on any atom is 0.167 e. The van der Waals surface area contributed by atoms with Crippen molar-refractivity contribution in [2.75, 3.05) is 13.2 Å². The van der Waals surface area contributed by atoms with Gasteiger partial charge in [-0.2, -0.15) is 0 Å². The minimum absolute atomic E-state index is 0.107. The van der Waals surface area contributed by atoms with Gasteiger partial charge in [0, 0.05) is 54.4 Å². The molecule has 0 aliphatic carbocycles. The van der Waals surface area contributed by atoms with Crippen molar-refractivity contribution < 1.29 is 14.7 Å². The quantitative estimate of drug-likeness (QED) is 0.284. The zero-order valence-corrected chi connectivity index (χ0v) is 18.3. The molecule has 33 heavy (non-hydrogen) atoms. The molecule has 8 nitrogen and oxygen atoms in total. The maximum atomic E-state index is 9.80. The van der Waals surface area contributed by atoms with Crippen molar-refractivity contribution in [1.29, 1.82) is 0 Å². The van der Waals surface area contributed by atoms with Gasteiger partial charge in [0.15, 0.2) is 5.76 Å². The summed E-state index contributed by atoms with van der Waals surface area (Å²) in [6.07, 6.45) is 4.56. The molecule has 0 saturated carbocycles. The second-order valence-electron chi connectivity index (χ2n) is 7.54. The van der Waals surface area contributed by atoms with E-state index in [1.165, 1.54) is 0 Å². The van der Waals surface area contributed by atoms with Crippen LogP contribution in [0.1, 0.15) is 41.4 Å². The van der Waals surface area contributed by atoms with Crippen molar-refractivity contribution in [1.82, 2.24) is 25.0 Å². The van der Waals surface area contributed by atoms with E-state index in [4.69, 9.17) is 9.63 Å². The summed E-state index contributed by atoms with van der Waals surface area (Å²) in [5.74, 6) is 7.52. The predicted molar refractivity (Wildman–Crippen MR) is 123 cm³/mol. The molecular weight excluding hydrogens is 418 g/mol. The van der Waals surface area contributed by atoms with E-state index >= 15 is 0 Å². The lowest BCUT2D eigenvalue weighted by Crippen LogP contribution is -2.18. The van der Waals surface area contributed by atoms with Gasteiger partial charge in [-0.25, -0.2) is 4.98 Å². The van der Waals surface area contributed by atoms with Gasteiger partial charge in [-0.05, 0) is 43.3 Å². The zero-order valence-electron chi connectivity index (χ0n) is 18.3. The average molecular weight is 444 g/mol. The number of nitrogens with one attached hydrogen (secondary N) is 1. The van der Waals surface area contributed by atoms with Gasteiger partial charge in [-0.15, -0.1) is 0 Å². The van der Waals surface area contributed by atoms with Gasteiger partial charge in [0.25, 0.3) is 0 Å². The topological polar surface area (TPSA) is 109 Å². The van der Waals surface area contributed by atoms with Gasteiger partial charge < -0.3 is 24.6 Å². The van der Waals surface area contributed by atoms with Crippen LogP contribution in [0.2, 0.25) is 0 Å². The summed E-state index contributed by atoms with van der Waals surface area (Å²) in [7, 11) is 0. The highest BCUT2D eigenvalue weighted by Gasteiger charge is 2.12. The molecule has 0 fully saturated rings. The molecule has 8 heteroatoms. The third-order valence-electron chi connectivity index (χ3n) is 4.95. The molecule has 1 aromatic carbocycles. The molecule has 168 valence electrons. The van der Waals surface area contributed by atoms with Crippen LogP contribution in [-0.4, -0.2) is 43.1 Å². The van der Waals surface area contributed by atoms with Crippen LogP contribution < -0.4 is 5.32 Å². The average Bonchev–Trinajstić information content (AvgIpc) is 3.49. The largest absolute Gasteiger partial charge is 0.395 e. The van der Waals surface area contributed by atoms with Gasteiger partial charge in [-0.1, -0.05) is 17.0 Å². The lowest BCUT2D eigenvalue weighted by atomic mass is 10.1. The SMILES string of the molecule is C[C@H](O)c1nccn1Cc1cc(-c2ccc(C#Cc3ccc(CNCCO)nc3)cc2)on1. The Hall–Kier alpha value is -3.77. The first-order valence-corrected chi connectivity index (χ1v) is 10.7. The third-order valence-corrected chi connectivity index (χ3v) is 4.95. The highest BCUT2D eigenvalue weighted by molar-refractivity contribution is 5.59. The molecule has 1 atom stereocenters. The van der Waals surface area contributed by atoms with Crippen LogP contribution in [-0.2, 0) is 13.1 Å². The summed E-state index contributed by atoms with van der Waals surface area (Å²) < 4.78 is 7.35. The minimum atomic E-state index is -0.650. The van der Waals surface area contributed by atoms with Gasteiger partial charge in [0.05, 0.1) is 18.8 Å². The number of aliphatic hydroxyl groups excluding tert-OH is 2. The van der Waals surface area contributed by atoms with Crippen LogP contribution in [0.15, 0.2) is 65.6 Å². The molecule has 0 amide bonds. The molecule has 0 spiro atoms. The summed E-state index contributed by atoms with van der Waals surface area (Å²) in [5.41, 5.74) is 4.27. The normalized spacial score (nSPS) is 11.7. The fourth-order valence-corrected chi connectivity index (χ4v) is 3.28. The van der Waals surface area contributed by atoms with E-state index in [0.717, 1.165) is 28.1 Å². The first kappa shape index (κ1) is 22.4. The van der Waals surface area contributed by atoms with Gasteiger partial charge in [-0.3, -0.25) is 4.98 Å². The van der Waals surface area contributed by atoms with E-state index in [1.54, 1.807) is 25.5 Å². The number of rotatable bonds is 8. The Kier molecular flexibility index (Phi) is 7.27. The fourth-order valence-electron chi connectivity index (χ4n) is 3.28. The smallest absolute Gasteiger partial charge is 0.167 e. The molecule has 3 N–H and O–H groups in total. The van der Waals surface area contributed by atoms with Gasteiger partial charge >= 0.3 is 0 Å². The van der Waals surface area contributed by atoms with E-state index in [-0.39, 0.29) is 6.61 Å². The Labute approximate surface area is 191 Å². The first-order chi connectivity index (χ1) is 16.1. The van der Waals surface area contributed by atoms with E-state index in [0.29, 0.717) is 31.2 Å².